The Hall–Kier alpha value is -2.40. The Morgan fingerprint density at radius 3 is 2.70 bits per heavy atom. The molecule has 2 N–H and O–H groups in total. The van der Waals surface area contributed by atoms with Crippen molar-refractivity contribution in [2.75, 3.05) is 11.4 Å². The molecule has 1 aliphatic heterocycles. The van der Waals surface area contributed by atoms with E-state index in [0.29, 0.717) is 5.56 Å². The average molecular weight is 269 g/mol. The van der Waals surface area contributed by atoms with Gasteiger partial charge in [0.1, 0.15) is 5.82 Å². The van der Waals surface area contributed by atoms with Crippen molar-refractivity contribution >= 4 is 11.7 Å². The smallest absolute Gasteiger partial charge is 0.276 e. The summed E-state index contributed by atoms with van der Waals surface area (Å²) in [6.45, 7) is 1.74. The Labute approximate surface area is 116 Å². The lowest BCUT2D eigenvalue weighted by molar-refractivity contribution is 0.0706. The Morgan fingerprint density at radius 2 is 2.00 bits per heavy atom. The maximum atomic E-state index is 11.2. The second-order valence-electron chi connectivity index (χ2n) is 4.79. The minimum Gasteiger partial charge on any atom is -0.352 e. The zero-order chi connectivity index (χ0) is 13.9. The minimum absolute atomic E-state index is 0.341. The zero-order valence-corrected chi connectivity index (χ0v) is 10.9. The summed E-state index contributed by atoms with van der Waals surface area (Å²) in [5.74, 6) is 0.294. The van der Waals surface area contributed by atoms with Crippen LogP contribution in [0.15, 0.2) is 42.6 Å². The molecule has 5 nitrogen and oxygen atoms in total. The van der Waals surface area contributed by atoms with Crippen LogP contribution in [0, 0.1) is 0 Å². The van der Waals surface area contributed by atoms with Crippen molar-refractivity contribution in [2.45, 2.75) is 13.0 Å². The van der Waals surface area contributed by atoms with E-state index in [0.717, 1.165) is 25.3 Å². The van der Waals surface area contributed by atoms with Crippen molar-refractivity contribution in [2.24, 2.45) is 0 Å². The largest absolute Gasteiger partial charge is 0.352 e. The maximum absolute atomic E-state index is 11.2. The molecule has 0 spiro atoms. The SMILES string of the molecule is O=C(NO)c1ccc(N2CCc3ccccc3C2)nc1. The van der Waals surface area contributed by atoms with Crippen molar-refractivity contribution in [1.82, 2.24) is 10.5 Å². The van der Waals surface area contributed by atoms with Crippen molar-refractivity contribution in [1.29, 1.82) is 0 Å². The lowest BCUT2D eigenvalue weighted by Gasteiger charge is -2.29. The molecule has 0 aliphatic carbocycles. The van der Waals surface area contributed by atoms with Gasteiger partial charge in [0, 0.05) is 19.3 Å². The van der Waals surface area contributed by atoms with Gasteiger partial charge in [-0.1, -0.05) is 24.3 Å². The number of carbonyl (C=O) groups excluding carboxylic acids is 1. The van der Waals surface area contributed by atoms with Gasteiger partial charge in [0.05, 0.1) is 5.56 Å². The molecule has 1 amide bonds. The molecule has 0 saturated carbocycles. The van der Waals surface area contributed by atoms with Gasteiger partial charge in [-0.15, -0.1) is 0 Å². The molecule has 0 saturated heterocycles. The van der Waals surface area contributed by atoms with Crippen molar-refractivity contribution in [3.63, 3.8) is 0 Å². The first-order valence-corrected chi connectivity index (χ1v) is 6.50. The van der Waals surface area contributed by atoms with Gasteiger partial charge in [-0.25, -0.2) is 10.5 Å². The van der Waals surface area contributed by atoms with Gasteiger partial charge in [-0.05, 0) is 29.7 Å². The quantitative estimate of drug-likeness (QED) is 0.644. The van der Waals surface area contributed by atoms with Crippen molar-refractivity contribution in [3.8, 4) is 0 Å². The molecule has 1 aliphatic rings. The number of anilines is 1. The van der Waals surface area contributed by atoms with E-state index in [4.69, 9.17) is 5.21 Å². The van der Waals surface area contributed by atoms with Crippen LogP contribution in [0.25, 0.3) is 0 Å². The van der Waals surface area contributed by atoms with Crippen LogP contribution in [-0.2, 0) is 13.0 Å². The van der Waals surface area contributed by atoms with Gasteiger partial charge in [-0.3, -0.25) is 10.0 Å². The van der Waals surface area contributed by atoms with Gasteiger partial charge in [0.15, 0.2) is 0 Å². The Morgan fingerprint density at radius 1 is 1.20 bits per heavy atom. The highest BCUT2D eigenvalue weighted by atomic mass is 16.5. The Kier molecular flexibility index (Phi) is 3.35. The summed E-state index contributed by atoms with van der Waals surface area (Å²) in [6.07, 6.45) is 2.47. The number of amides is 1. The summed E-state index contributed by atoms with van der Waals surface area (Å²) in [7, 11) is 0. The van der Waals surface area contributed by atoms with Crippen LogP contribution in [0.4, 0.5) is 5.82 Å². The van der Waals surface area contributed by atoms with E-state index in [2.05, 4.69) is 28.1 Å². The third kappa shape index (κ3) is 2.35. The number of hydrogen-bond acceptors (Lipinski definition) is 4. The molecule has 5 heteroatoms. The van der Waals surface area contributed by atoms with E-state index >= 15 is 0 Å². The van der Waals surface area contributed by atoms with E-state index in [9.17, 15) is 4.79 Å². The van der Waals surface area contributed by atoms with Crippen molar-refractivity contribution in [3.05, 3.63) is 59.3 Å². The van der Waals surface area contributed by atoms with Gasteiger partial charge in [-0.2, -0.15) is 0 Å². The number of aromatic nitrogens is 1. The predicted octanol–water partition coefficient (Wildman–Crippen LogP) is 1.76. The molecule has 0 bridgehead atoms. The van der Waals surface area contributed by atoms with Crippen LogP contribution in [0.5, 0.6) is 0 Å². The highest BCUT2D eigenvalue weighted by molar-refractivity contribution is 5.93. The summed E-state index contributed by atoms with van der Waals surface area (Å²) in [5.41, 5.74) is 4.65. The number of nitrogens with zero attached hydrogens (tertiary/aromatic N) is 2. The first kappa shape index (κ1) is 12.6. The first-order chi connectivity index (χ1) is 9.78. The summed E-state index contributed by atoms with van der Waals surface area (Å²) < 4.78 is 0. The summed E-state index contributed by atoms with van der Waals surface area (Å²) in [4.78, 5) is 17.7. The second-order valence-corrected chi connectivity index (χ2v) is 4.79. The number of fused-ring (bicyclic) bond motifs is 1. The highest BCUT2D eigenvalue weighted by Gasteiger charge is 2.17. The number of pyridine rings is 1. The molecule has 3 rings (SSSR count). The number of rotatable bonds is 2. The Balaban J connectivity index is 1.79. The fourth-order valence-corrected chi connectivity index (χ4v) is 2.46. The summed E-state index contributed by atoms with van der Waals surface area (Å²) in [5, 5.41) is 8.58. The van der Waals surface area contributed by atoms with Crippen LogP contribution in [-0.4, -0.2) is 22.6 Å². The maximum Gasteiger partial charge on any atom is 0.276 e. The van der Waals surface area contributed by atoms with Gasteiger partial charge in [0.2, 0.25) is 0 Å². The number of nitrogens with one attached hydrogen (secondary N) is 1. The van der Waals surface area contributed by atoms with Crippen LogP contribution < -0.4 is 10.4 Å². The molecule has 2 aromatic rings. The predicted molar refractivity (Wildman–Crippen MR) is 74.7 cm³/mol. The third-order valence-electron chi connectivity index (χ3n) is 3.57. The van der Waals surface area contributed by atoms with Gasteiger partial charge >= 0.3 is 0 Å². The standard InChI is InChI=1S/C15H15N3O2/c19-15(17-20)12-5-6-14(16-9-12)18-8-7-11-3-1-2-4-13(11)10-18/h1-6,9,20H,7-8,10H2,(H,17,19). The monoisotopic (exact) mass is 269 g/mol. The fourth-order valence-electron chi connectivity index (χ4n) is 2.46. The molecule has 0 radical (unpaired) electrons. The van der Waals surface area contributed by atoms with Gasteiger partial charge in [0.25, 0.3) is 5.91 Å². The molecule has 0 fully saturated rings. The van der Waals surface area contributed by atoms with Crippen LogP contribution in [0.3, 0.4) is 0 Å². The van der Waals surface area contributed by atoms with Crippen LogP contribution in [0.1, 0.15) is 21.5 Å². The summed E-state index contributed by atoms with van der Waals surface area (Å²) in [6, 6.07) is 11.9. The minimum atomic E-state index is -0.548. The molecule has 0 atom stereocenters. The topological polar surface area (TPSA) is 65.5 Å². The molecule has 20 heavy (non-hydrogen) atoms. The normalized spacial score (nSPS) is 13.8. The van der Waals surface area contributed by atoms with Crippen LogP contribution >= 0.6 is 0 Å². The molecule has 2 heterocycles. The van der Waals surface area contributed by atoms with E-state index in [1.54, 1.807) is 17.6 Å². The van der Waals surface area contributed by atoms with E-state index < -0.39 is 5.91 Å². The third-order valence-corrected chi connectivity index (χ3v) is 3.57. The Bertz CT molecular complexity index is 625. The van der Waals surface area contributed by atoms with Crippen molar-refractivity contribution < 1.29 is 10.0 Å². The first-order valence-electron chi connectivity index (χ1n) is 6.50. The number of carbonyl (C=O) groups is 1. The zero-order valence-electron chi connectivity index (χ0n) is 10.9. The molecule has 102 valence electrons. The number of hydroxylamine groups is 1. The second kappa shape index (κ2) is 5.30. The lowest BCUT2D eigenvalue weighted by Crippen LogP contribution is -2.31. The number of benzene rings is 1. The molecule has 1 aromatic heterocycles. The molecular formula is C15H15N3O2. The highest BCUT2D eigenvalue weighted by Crippen LogP contribution is 2.22. The fraction of sp³-hybridized carbons (Fsp3) is 0.200. The molecule has 1 aromatic carbocycles. The van der Waals surface area contributed by atoms with E-state index in [1.165, 1.54) is 17.3 Å². The number of hydrogen-bond donors (Lipinski definition) is 2. The molecular weight excluding hydrogens is 254 g/mol. The molecule has 0 unspecified atom stereocenters. The van der Waals surface area contributed by atoms with Crippen LogP contribution in [0.2, 0.25) is 0 Å². The average Bonchev–Trinajstić information content (AvgIpc) is 2.54. The van der Waals surface area contributed by atoms with E-state index in [1.807, 2.05) is 6.07 Å². The van der Waals surface area contributed by atoms with Gasteiger partial charge < -0.3 is 4.90 Å². The van der Waals surface area contributed by atoms with E-state index in [-0.39, 0.29) is 0 Å². The summed E-state index contributed by atoms with van der Waals surface area (Å²) >= 11 is 0. The lowest BCUT2D eigenvalue weighted by atomic mass is 10.00.